The van der Waals surface area contributed by atoms with Crippen LogP contribution >= 0.6 is 0 Å². The van der Waals surface area contributed by atoms with E-state index in [4.69, 9.17) is 4.74 Å². The van der Waals surface area contributed by atoms with E-state index >= 15 is 0 Å². The van der Waals surface area contributed by atoms with Crippen LogP contribution in [0.15, 0.2) is 36.5 Å². The molecule has 0 aliphatic carbocycles. The minimum Gasteiger partial charge on any atom is -0.496 e. The molecule has 1 aromatic heterocycles. The van der Waals surface area contributed by atoms with Crippen molar-refractivity contribution in [1.82, 2.24) is 9.47 Å². The second-order valence-corrected chi connectivity index (χ2v) is 6.26. The molecule has 0 radical (unpaired) electrons. The predicted molar refractivity (Wildman–Crippen MR) is 90.8 cm³/mol. The summed E-state index contributed by atoms with van der Waals surface area (Å²) in [5.41, 5.74) is 3.18. The fraction of sp³-hybridized carbons (Fsp3) is 0.421. The van der Waals surface area contributed by atoms with Crippen LogP contribution in [0, 0.1) is 0 Å². The molecule has 1 atom stereocenters. The number of ketones is 1. The molecule has 1 aromatic carbocycles. The number of likely N-dealkylation sites (tertiary alicyclic amines) is 1. The third-order valence-electron chi connectivity index (χ3n) is 4.75. The first-order valence-electron chi connectivity index (χ1n) is 8.13. The molecule has 4 heteroatoms. The highest BCUT2D eigenvalue weighted by Gasteiger charge is 2.28. The highest BCUT2D eigenvalue weighted by atomic mass is 16.5. The number of aromatic nitrogens is 1. The zero-order chi connectivity index (χ0) is 16.4. The first-order chi connectivity index (χ1) is 11.1. The van der Waals surface area contributed by atoms with Crippen molar-refractivity contribution in [2.24, 2.45) is 7.05 Å². The molecule has 1 aliphatic rings. The molecule has 1 fully saturated rings. The first kappa shape index (κ1) is 15.8. The second kappa shape index (κ2) is 6.59. The van der Waals surface area contributed by atoms with Gasteiger partial charge in [0.1, 0.15) is 5.75 Å². The summed E-state index contributed by atoms with van der Waals surface area (Å²) >= 11 is 0. The number of Topliss-reactive ketones (excluding diaryl/α,β-unsaturated/α-hetero) is 1. The standard InChI is InChI=1S/C19H24N2O2/c1-14(22)15-8-9-19(23-3)16(12-15)13-21-11-5-7-18(21)17-6-4-10-20(17)2/h4,6,8-10,12,18H,5,7,11,13H2,1-3H3. The number of benzene rings is 1. The topological polar surface area (TPSA) is 34.5 Å². The number of nitrogens with zero attached hydrogens (tertiary/aromatic N) is 2. The summed E-state index contributed by atoms with van der Waals surface area (Å²) in [5, 5.41) is 0. The quantitative estimate of drug-likeness (QED) is 0.792. The largest absolute Gasteiger partial charge is 0.496 e. The molecule has 0 bridgehead atoms. The Morgan fingerprint density at radius 2 is 2.17 bits per heavy atom. The molecule has 3 rings (SSSR count). The Bertz CT molecular complexity index is 705. The summed E-state index contributed by atoms with van der Waals surface area (Å²) in [6.45, 7) is 3.48. The number of ether oxygens (including phenoxy) is 1. The summed E-state index contributed by atoms with van der Waals surface area (Å²) in [6.07, 6.45) is 4.47. The molecular formula is C19H24N2O2. The number of methoxy groups -OCH3 is 1. The van der Waals surface area contributed by atoms with E-state index in [9.17, 15) is 4.79 Å². The molecule has 23 heavy (non-hydrogen) atoms. The Labute approximate surface area is 137 Å². The average Bonchev–Trinajstić information content (AvgIpc) is 3.15. The van der Waals surface area contributed by atoms with E-state index in [0.717, 1.165) is 30.0 Å². The summed E-state index contributed by atoms with van der Waals surface area (Å²) in [6, 6.07) is 10.4. The predicted octanol–water partition coefficient (Wildman–Crippen LogP) is 3.57. The fourth-order valence-corrected chi connectivity index (χ4v) is 3.51. The van der Waals surface area contributed by atoms with E-state index in [1.54, 1.807) is 14.0 Å². The van der Waals surface area contributed by atoms with Crippen LogP contribution in [-0.4, -0.2) is 28.9 Å². The van der Waals surface area contributed by atoms with Gasteiger partial charge in [-0.15, -0.1) is 0 Å². The number of hydrogen-bond donors (Lipinski definition) is 0. The zero-order valence-electron chi connectivity index (χ0n) is 14.1. The lowest BCUT2D eigenvalue weighted by molar-refractivity contribution is 0.101. The summed E-state index contributed by atoms with van der Waals surface area (Å²) in [4.78, 5) is 14.2. The summed E-state index contributed by atoms with van der Waals surface area (Å²) in [5.74, 6) is 0.946. The van der Waals surface area contributed by atoms with Gasteiger partial charge in [-0.25, -0.2) is 0 Å². The zero-order valence-corrected chi connectivity index (χ0v) is 14.1. The summed E-state index contributed by atoms with van der Waals surface area (Å²) < 4.78 is 7.70. The van der Waals surface area contributed by atoms with Gasteiger partial charge in [-0.2, -0.15) is 0 Å². The molecule has 4 nitrogen and oxygen atoms in total. The highest BCUT2D eigenvalue weighted by Crippen LogP contribution is 2.34. The number of carbonyl (C=O) groups is 1. The minimum atomic E-state index is 0.0920. The van der Waals surface area contributed by atoms with Crippen LogP contribution in [-0.2, 0) is 13.6 Å². The van der Waals surface area contributed by atoms with E-state index in [-0.39, 0.29) is 5.78 Å². The van der Waals surface area contributed by atoms with Gasteiger partial charge in [0.05, 0.1) is 13.2 Å². The molecule has 2 heterocycles. The van der Waals surface area contributed by atoms with Gasteiger partial charge in [-0.05, 0) is 56.6 Å². The van der Waals surface area contributed by atoms with Gasteiger partial charge in [0.15, 0.2) is 5.78 Å². The monoisotopic (exact) mass is 312 g/mol. The normalized spacial score (nSPS) is 18.3. The van der Waals surface area contributed by atoms with E-state index in [2.05, 4.69) is 34.8 Å². The van der Waals surface area contributed by atoms with Gasteiger partial charge in [-0.3, -0.25) is 9.69 Å². The van der Waals surface area contributed by atoms with Crippen molar-refractivity contribution in [3.8, 4) is 5.75 Å². The SMILES string of the molecule is COc1ccc(C(C)=O)cc1CN1CCCC1c1cccn1C. The maximum atomic E-state index is 11.7. The van der Waals surface area contributed by atoms with E-state index in [1.807, 2.05) is 18.2 Å². The molecule has 1 saturated heterocycles. The third kappa shape index (κ3) is 3.17. The fourth-order valence-electron chi connectivity index (χ4n) is 3.51. The smallest absolute Gasteiger partial charge is 0.159 e. The van der Waals surface area contributed by atoms with Crippen molar-refractivity contribution < 1.29 is 9.53 Å². The Balaban J connectivity index is 1.87. The van der Waals surface area contributed by atoms with Crippen molar-refractivity contribution in [3.63, 3.8) is 0 Å². The lowest BCUT2D eigenvalue weighted by atomic mass is 10.1. The molecule has 0 N–H and O–H groups in total. The Morgan fingerprint density at radius 1 is 1.35 bits per heavy atom. The molecule has 0 spiro atoms. The van der Waals surface area contributed by atoms with Gasteiger partial charge >= 0.3 is 0 Å². The van der Waals surface area contributed by atoms with Crippen LogP contribution in [0.2, 0.25) is 0 Å². The molecule has 1 unspecified atom stereocenters. The minimum absolute atomic E-state index is 0.0920. The van der Waals surface area contributed by atoms with E-state index in [1.165, 1.54) is 18.5 Å². The van der Waals surface area contributed by atoms with Gasteiger partial charge < -0.3 is 9.30 Å². The van der Waals surface area contributed by atoms with Crippen LogP contribution in [0.5, 0.6) is 5.75 Å². The average molecular weight is 312 g/mol. The van der Waals surface area contributed by atoms with Crippen LogP contribution in [0.25, 0.3) is 0 Å². The molecule has 122 valence electrons. The van der Waals surface area contributed by atoms with Crippen LogP contribution in [0.4, 0.5) is 0 Å². The maximum Gasteiger partial charge on any atom is 0.159 e. The van der Waals surface area contributed by atoms with Gasteiger partial charge in [0.2, 0.25) is 0 Å². The lowest BCUT2D eigenvalue weighted by Crippen LogP contribution is -2.24. The Morgan fingerprint density at radius 3 is 2.83 bits per heavy atom. The summed E-state index contributed by atoms with van der Waals surface area (Å²) in [7, 11) is 3.79. The number of hydrogen-bond acceptors (Lipinski definition) is 3. The van der Waals surface area contributed by atoms with Crippen LogP contribution in [0.1, 0.15) is 47.4 Å². The van der Waals surface area contributed by atoms with Gasteiger partial charge in [0.25, 0.3) is 0 Å². The van der Waals surface area contributed by atoms with E-state index < -0.39 is 0 Å². The van der Waals surface area contributed by atoms with Crippen LogP contribution in [0.3, 0.4) is 0 Å². The molecular weight excluding hydrogens is 288 g/mol. The van der Waals surface area contributed by atoms with Gasteiger partial charge in [0, 0.05) is 36.6 Å². The van der Waals surface area contributed by atoms with Crippen LogP contribution < -0.4 is 4.74 Å². The Kier molecular flexibility index (Phi) is 4.53. The molecule has 0 amide bonds. The lowest BCUT2D eigenvalue weighted by Gasteiger charge is -2.26. The van der Waals surface area contributed by atoms with E-state index in [0.29, 0.717) is 6.04 Å². The maximum absolute atomic E-state index is 11.7. The highest BCUT2D eigenvalue weighted by molar-refractivity contribution is 5.94. The second-order valence-electron chi connectivity index (χ2n) is 6.26. The molecule has 2 aromatic rings. The third-order valence-corrected chi connectivity index (χ3v) is 4.75. The van der Waals surface area contributed by atoms with Crippen molar-refractivity contribution in [1.29, 1.82) is 0 Å². The number of rotatable bonds is 5. The van der Waals surface area contributed by atoms with Crippen molar-refractivity contribution in [2.45, 2.75) is 32.4 Å². The molecule has 0 saturated carbocycles. The first-order valence-corrected chi connectivity index (χ1v) is 8.13. The van der Waals surface area contributed by atoms with Gasteiger partial charge in [-0.1, -0.05) is 0 Å². The Hall–Kier alpha value is -2.07. The molecule has 1 aliphatic heterocycles. The van der Waals surface area contributed by atoms with Crippen molar-refractivity contribution in [2.75, 3.05) is 13.7 Å². The van der Waals surface area contributed by atoms with Crippen molar-refractivity contribution in [3.05, 3.63) is 53.3 Å². The number of carbonyl (C=O) groups excluding carboxylic acids is 1. The van der Waals surface area contributed by atoms with Crippen molar-refractivity contribution >= 4 is 5.78 Å². The number of aryl methyl sites for hydroxylation is 1.